The highest BCUT2D eigenvalue weighted by atomic mass is 32.1. The van der Waals surface area contributed by atoms with E-state index in [-0.39, 0.29) is 11.9 Å². The van der Waals surface area contributed by atoms with Gasteiger partial charge in [0.25, 0.3) is 5.91 Å². The second-order valence-electron chi connectivity index (χ2n) is 6.72. The Balaban J connectivity index is 1.76. The molecule has 0 aliphatic rings. The fourth-order valence-electron chi connectivity index (χ4n) is 3.09. The molecule has 7 heteroatoms. The van der Waals surface area contributed by atoms with E-state index in [4.69, 9.17) is 9.47 Å². The molecule has 0 bridgehead atoms. The third-order valence-corrected chi connectivity index (χ3v) is 5.75. The number of methoxy groups -OCH3 is 2. The van der Waals surface area contributed by atoms with E-state index in [1.807, 2.05) is 32.0 Å². The monoisotopic (exact) mass is 399 g/mol. The molecule has 2 aromatic heterocycles. The van der Waals surface area contributed by atoms with Crippen molar-refractivity contribution in [1.29, 1.82) is 0 Å². The van der Waals surface area contributed by atoms with Crippen molar-refractivity contribution in [3.05, 3.63) is 52.2 Å². The minimum Gasteiger partial charge on any atom is -0.480 e. The van der Waals surface area contributed by atoms with Crippen LogP contribution in [-0.2, 0) is 17.8 Å². The van der Waals surface area contributed by atoms with E-state index >= 15 is 0 Å². The molecule has 1 atom stereocenters. The van der Waals surface area contributed by atoms with Gasteiger partial charge in [0.1, 0.15) is 11.4 Å². The number of nitrogens with one attached hydrogen (secondary N) is 1. The SMILES string of the molecule is COCc1nc(OC)c2c(C)c(C(=O)NC(C)CCc3ccccc3)sc2n1. The van der Waals surface area contributed by atoms with Crippen LogP contribution in [0.3, 0.4) is 0 Å². The number of benzene rings is 1. The normalized spacial score (nSPS) is 12.1. The Morgan fingerprint density at radius 2 is 1.96 bits per heavy atom. The first-order chi connectivity index (χ1) is 13.5. The number of ether oxygens (including phenoxy) is 2. The molecule has 0 aliphatic heterocycles. The minimum absolute atomic E-state index is 0.0642. The first-order valence-corrected chi connectivity index (χ1v) is 10.0. The van der Waals surface area contributed by atoms with Crippen LogP contribution in [0.5, 0.6) is 5.88 Å². The number of carbonyl (C=O) groups is 1. The lowest BCUT2D eigenvalue weighted by Crippen LogP contribution is -2.32. The zero-order valence-corrected chi connectivity index (χ0v) is 17.4. The van der Waals surface area contributed by atoms with Gasteiger partial charge in [0.05, 0.1) is 17.4 Å². The quantitative estimate of drug-likeness (QED) is 0.622. The highest BCUT2D eigenvalue weighted by Crippen LogP contribution is 2.35. The zero-order valence-electron chi connectivity index (χ0n) is 16.6. The van der Waals surface area contributed by atoms with Gasteiger partial charge in [-0.2, -0.15) is 4.98 Å². The van der Waals surface area contributed by atoms with Gasteiger partial charge >= 0.3 is 0 Å². The van der Waals surface area contributed by atoms with Crippen molar-refractivity contribution < 1.29 is 14.3 Å². The van der Waals surface area contributed by atoms with Gasteiger partial charge in [0.15, 0.2) is 5.82 Å². The number of carbonyl (C=O) groups excluding carboxylic acids is 1. The molecule has 3 aromatic rings. The number of hydrogen-bond donors (Lipinski definition) is 1. The van der Waals surface area contributed by atoms with Crippen LogP contribution in [0.25, 0.3) is 10.2 Å². The van der Waals surface area contributed by atoms with Gasteiger partial charge in [0, 0.05) is 13.2 Å². The smallest absolute Gasteiger partial charge is 0.261 e. The molecule has 1 N–H and O–H groups in total. The van der Waals surface area contributed by atoms with Crippen LogP contribution in [0.4, 0.5) is 0 Å². The van der Waals surface area contributed by atoms with Gasteiger partial charge in [0.2, 0.25) is 5.88 Å². The molecule has 1 aromatic carbocycles. The number of amides is 1. The molecule has 0 spiro atoms. The Morgan fingerprint density at radius 1 is 1.21 bits per heavy atom. The predicted octanol–water partition coefficient (Wildman–Crippen LogP) is 3.91. The number of aryl methyl sites for hydroxylation is 2. The van der Waals surface area contributed by atoms with Crippen molar-refractivity contribution in [3.8, 4) is 5.88 Å². The highest BCUT2D eigenvalue weighted by Gasteiger charge is 2.22. The summed E-state index contributed by atoms with van der Waals surface area (Å²) < 4.78 is 10.5. The lowest BCUT2D eigenvalue weighted by Gasteiger charge is -2.13. The van der Waals surface area contributed by atoms with E-state index in [0.717, 1.165) is 28.6 Å². The number of rotatable bonds is 8. The Labute approximate surface area is 168 Å². The maximum Gasteiger partial charge on any atom is 0.261 e. The summed E-state index contributed by atoms with van der Waals surface area (Å²) in [4.78, 5) is 23.1. The van der Waals surface area contributed by atoms with Gasteiger partial charge in [-0.05, 0) is 37.8 Å². The van der Waals surface area contributed by atoms with Gasteiger partial charge in [-0.15, -0.1) is 11.3 Å². The lowest BCUT2D eigenvalue weighted by molar-refractivity contribution is 0.0942. The molecule has 0 aliphatic carbocycles. The Morgan fingerprint density at radius 3 is 2.64 bits per heavy atom. The first kappa shape index (κ1) is 20.2. The summed E-state index contributed by atoms with van der Waals surface area (Å²) in [5.74, 6) is 0.926. The molecule has 28 heavy (non-hydrogen) atoms. The number of nitrogens with zero attached hydrogens (tertiary/aromatic N) is 2. The number of thiophene rings is 1. The average molecular weight is 400 g/mol. The van der Waals surface area contributed by atoms with Crippen molar-refractivity contribution in [2.75, 3.05) is 14.2 Å². The standard InChI is InChI=1S/C21H25N3O3S/c1-13(10-11-15-8-6-5-7-9-15)22-19(25)18-14(2)17-20(27-4)23-16(12-26-3)24-21(17)28-18/h5-9,13H,10-12H2,1-4H3,(H,22,25). The Kier molecular flexibility index (Phi) is 6.59. The Bertz CT molecular complexity index is 956. The molecule has 6 nitrogen and oxygen atoms in total. The van der Waals surface area contributed by atoms with Gasteiger partial charge in [-0.3, -0.25) is 4.79 Å². The van der Waals surface area contributed by atoms with Crippen LogP contribution in [0.2, 0.25) is 0 Å². The fraction of sp³-hybridized carbons (Fsp3) is 0.381. The van der Waals surface area contributed by atoms with Crippen LogP contribution in [0, 0.1) is 6.92 Å². The second-order valence-corrected chi connectivity index (χ2v) is 7.72. The first-order valence-electron chi connectivity index (χ1n) is 9.21. The van der Waals surface area contributed by atoms with E-state index < -0.39 is 0 Å². The maximum absolute atomic E-state index is 12.9. The molecule has 0 fully saturated rings. The summed E-state index contributed by atoms with van der Waals surface area (Å²) in [5.41, 5.74) is 2.11. The van der Waals surface area contributed by atoms with E-state index in [1.54, 1.807) is 14.2 Å². The van der Waals surface area contributed by atoms with Crippen molar-refractivity contribution in [1.82, 2.24) is 15.3 Å². The molecule has 3 rings (SSSR count). The van der Waals surface area contributed by atoms with Crippen molar-refractivity contribution in [2.24, 2.45) is 0 Å². The van der Waals surface area contributed by atoms with Gasteiger partial charge in [-0.25, -0.2) is 4.98 Å². The fourth-order valence-corrected chi connectivity index (χ4v) is 4.19. The van der Waals surface area contributed by atoms with Crippen LogP contribution in [-0.4, -0.2) is 36.1 Å². The van der Waals surface area contributed by atoms with Crippen LogP contribution >= 0.6 is 11.3 Å². The lowest BCUT2D eigenvalue weighted by atomic mass is 10.1. The molecule has 0 saturated heterocycles. The summed E-state index contributed by atoms with van der Waals surface area (Å²) in [6, 6.07) is 10.3. The number of fused-ring (bicyclic) bond motifs is 1. The molecule has 148 valence electrons. The van der Waals surface area contributed by atoms with Crippen molar-refractivity contribution >= 4 is 27.5 Å². The molecule has 1 unspecified atom stereocenters. The zero-order chi connectivity index (χ0) is 20.1. The van der Waals surface area contributed by atoms with E-state index in [9.17, 15) is 4.79 Å². The van der Waals surface area contributed by atoms with Gasteiger partial charge < -0.3 is 14.8 Å². The van der Waals surface area contributed by atoms with Crippen molar-refractivity contribution in [2.45, 2.75) is 39.3 Å². The van der Waals surface area contributed by atoms with Crippen LogP contribution in [0.15, 0.2) is 30.3 Å². The average Bonchev–Trinajstić information content (AvgIpc) is 3.03. The Hall–Kier alpha value is -2.51. The molecule has 0 radical (unpaired) electrons. The summed E-state index contributed by atoms with van der Waals surface area (Å²) in [5, 5.41) is 3.89. The van der Waals surface area contributed by atoms with Crippen molar-refractivity contribution in [3.63, 3.8) is 0 Å². The summed E-state index contributed by atoms with van der Waals surface area (Å²) in [7, 11) is 3.16. The third kappa shape index (κ3) is 4.48. The predicted molar refractivity (Wildman–Crippen MR) is 111 cm³/mol. The van der Waals surface area contributed by atoms with Gasteiger partial charge in [-0.1, -0.05) is 30.3 Å². The van der Waals surface area contributed by atoms with E-state index in [2.05, 4.69) is 27.4 Å². The molecular formula is C21H25N3O3S. The summed E-state index contributed by atoms with van der Waals surface area (Å²) in [6.45, 7) is 4.23. The van der Waals surface area contributed by atoms with Crippen LogP contribution in [0.1, 0.15) is 40.0 Å². The second kappa shape index (κ2) is 9.12. The largest absolute Gasteiger partial charge is 0.480 e. The van der Waals surface area contributed by atoms with E-state index in [1.165, 1.54) is 16.9 Å². The third-order valence-electron chi connectivity index (χ3n) is 4.56. The van der Waals surface area contributed by atoms with Crippen LogP contribution < -0.4 is 10.1 Å². The highest BCUT2D eigenvalue weighted by molar-refractivity contribution is 7.20. The topological polar surface area (TPSA) is 73.3 Å². The molecule has 1 amide bonds. The summed E-state index contributed by atoms with van der Waals surface area (Å²) in [6.07, 6.45) is 1.80. The molecule has 0 saturated carbocycles. The number of aromatic nitrogens is 2. The van der Waals surface area contributed by atoms with E-state index in [0.29, 0.717) is 23.2 Å². The number of hydrogen-bond acceptors (Lipinski definition) is 6. The summed E-state index contributed by atoms with van der Waals surface area (Å²) >= 11 is 1.36. The maximum atomic E-state index is 12.9. The molecular weight excluding hydrogens is 374 g/mol. The molecule has 2 heterocycles. The minimum atomic E-state index is -0.0867.